The van der Waals surface area contributed by atoms with E-state index in [1.54, 1.807) is 13.8 Å². The van der Waals surface area contributed by atoms with Crippen molar-refractivity contribution >= 4 is 33.3 Å². The minimum Gasteiger partial charge on any atom is -0.461 e. The highest BCUT2D eigenvalue weighted by Gasteiger charge is 2.21. The molecule has 2 heterocycles. The Morgan fingerprint density at radius 1 is 1.30 bits per heavy atom. The Hall–Kier alpha value is -1.73. The zero-order valence-corrected chi connectivity index (χ0v) is 15.0. The Bertz CT molecular complexity index is 710. The molecule has 0 aliphatic rings. The summed E-state index contributed by atoms with van der Waals surface area (Å²) in [6.45, 7) is 10.2. The van der Waals surface area contributed by atoms with Gasteiger partial charge in [-0.15, -0.1) is 11.3 Å². The lowest BCUT2D eigenvalue weighted by molar-refractivity contribution is 0.0464. The Morgan fingerprint density at radius 3 is 2.61 bits per heavy atom. The summed E-state index contributed by atoms with van der Waals surface area (Å²) in [5.41, 5.74) is 0.812. The third kappa shape index (κ3) is 4.17. The Morgan fingerprint density at radius 2 is 2.00 bits per heavy atom. The van der Waals surface area contributed by atoms with Crippen molar-refractivity contribution in [1.82, 2.24) is 9.97 Å². The van der Waals surface area contributed by atoms with Crippen molar-refractivity contribution in [3.63, 3.8) is 0 Å². The van der Waals surface area contributed by atoms with E-state index in [2.05, 4.69) is 15.3 Å². The third-order valence-corrected chi connectivity index (χ3v) is 4.37. The molecule has 0 saturated carbocycles. The lowest BCUT2D eigenvalue weighted by Crippen LogP contribution is -2.16. The number of fused-ring (bicyclic) bond motifs is 1. The van der Waals surface area contributed by atoms with Crippen molar-refractivity contribution in [2.75, 3.05) is 18.5 Å². The highest BCUT2D eigenvalue weighted by atomic mass is 32.1. The molecule has 0 radical (unpaired) electrons. The number of hydrogen-bond acceptors (Lipinski definition) is 7. The van der Waals surface area contributed by atoms with Crippen molar-refractivity contribution in [1.29, 1.82) is 0 Å². The average molecular weight is 337 g/mol. The quantitative estimate of drug-likeness (QED) is 0.789. The average Bonchev–Trinajstić information content (AvgIpc) is 2.79. The van der Waals surface area contributed by atoms with Crippen LogP contribution in [0.5, 0.6) is 0 Å². The van der Waals surface area contributed by atoms with E-state index in [9.17, 15) is 9.90 Å². The van der Waals surface area contributed by atoms with Crippen molar-refractivity contribution in [3.8, 4) is 0 Å². The van der Waals surface area contributed by atoms with E-state index >= 15 is 0 Å². The first kappa shape index (κ1) is 17.6. The molecule has 1 atom stereocenters. The van der Waals surface area contributed by atoms with Crippen LogP contribution >= 0.6 is 11.3 Å². The second-order valence-electron chi connectivity index (χ2n) is 6.08. The van der Waals surface area contributed by atoms with Gasteiger partial charge in [-0.3, -0.25) is 0 Å². The summed E-state index contributed by atoms with van der Waals surface area (Å²) in [4.78, 5) is 22.4. The van der Waals surface area contributed by atoms with Gasteiger partial charge in [0.15, 0.2) is 0 Å². The molecule has 2 aromatic rings. The molecule has 0 amide bonds. The van der Waals surface area contributed by atoms with E-state index in [-0.39, 0.29) is 5.97 Å². The molecule has 7 heteroatoms. The summed E-state index contributed by atoms with van der Waals surface area (Å²) in [6, 6.07) is 0. The fourth-order valence-electron chi connectivity index (χ4n) is 2.12. The van der Waals surface area contributed by atoms with Gasteiger partial charge < -0.3 is 15.2 Å². The first-order valence-electron chi connectivity index (χ1n) is 7.66. The summed E-state index contributed by atoms with van der Waals surface area (Å²) in [5, 5.41) is 13.4. The molecule has 2 aromatic heterocycles. The number of anilines is 1. The van der Waals surface area contributed by atoms with E-state index in [1.165, 1.54) is 11.3 Å². The number of hydrogen-bond donors (Lipinski definition) is 2. The predicted octanol–water partition coefficient (Wildman–Crippen LogP) is 2.91. The fourth-order valence-corrected chi connectivity index (χ4v) is 3.24. The van der Waals surface area contributed by atoms with Gasteiger partial charge in [0.1, 0.15) is 21.3 Å². The molecule has 0 fully saturated rings. The second-order valence-corrected chi connectivity index (χ2v) is 7.08. The lowest BCUT2D eigenvalue weighted by atomic mass is 10.2. The van der Waals surface area contributed by atoms with Crippen LogP contribution in [0, 0.1) is 19.8 Å². The van der Waals surface area contributed by atoms with E-state index in [1.807, 2.05) is 20.8 Å². The molecule has 0 saturated heterocycles. The van der Waals surface area contributed by atoms with Gasteiger partial charge in [0, 0.05) is 6.54 Å². The van der Waals surface area contributed by atoms with Crippen molar-refractivity contribution < 1.29 is 14.6 Å². The number of nitrogens with zero attached hydrogens (tertiary/aromatic N) is 2. The van der Waals surface area contributed by atoms with Gasteiger partial charge >= 0.3 is 5.97 Å². The van der Waals surface area contributed by atoms with Gasteiger partial charge in [0.25, 0.3) is 0 Å². The summed E-state index contributed by atoms with van der Waals surface area (Å²) >= 11 is 1.32. The van der Waals surface area contributed by atoms with E-state index in [0.717, 1.165) is 15.8 Å². The maximum Gasteiger partial charge on any atom is 0.348 e. The molecule has 2 rings (SSSR count). The van der Waals surface area contributed by atoms with Crippen LogP contribution in [-0.2, 0) is 4.74 Å². The largest absolute Gasteiger partial charge is 0.461 e. The van der Waals surface area contributed by atoms with Crippen molar-refractivity contribution in [3.05, 3.63) is 16.3 Å². The maximum atomic E-state index is 12.3. The molecule has 2 N–H and O–H groups in total. The highest BCUT2D eigenvalue weighted by Crippen LogP contribution is 2.34. The van der Waals surface area contributed by atoms with Gasteiger partial charge in [-0.25, -0.2) is 14.8 Å². The number of aliphatic hydroxyl groups is 1. The fraction of sp³-hybridized carbons (Fsp3) is 0.562. The first-order chi connectivity index (χ1) is 10.8. The number of carbonyl (C=O) groups is 1. The summed E-state index contributed by atoms with van der Waals surface area (Å²) < 4.78 is 5.33. The number of thiophene rings is 1. The molecule has 0 bridgehead atoms. The van der Waals surface area contributed by atoms with Gasteiger partial charge in [-0.1, -0.05) is 13.8 Å². The van der Waals surface area contributed by atoms with Crippen LogP contribution in [-0.4, -0.2) is 40.3 Å². The molecular weight excluding hydrogens is 314 g/mol. The van der Waals surface area contributed by atoms with Crippen LogP contribution in [0.4, 0.5) is 5.82 Å². The topological polar surface area (TPSA) is 84.3 Å². The lowest BCUT2D eigenvalue weighted by Gasteiger charge is -2.10. The smallest absolute Gasteiger partial charge is 0.348 e. The van der Waals surface area contributed by atoms with E-state index in [4.69, 9.17) is 4.74 Å². The van der Waals surface area contributed by atoms with Gasteiger partial charge in [-0.2, -0.15) is 0 Å². The number of rotatable bonds is 6. The Labute approximate surface area is 139 Å². The van der Waals surface area contributed by atoms with Gasteiger partial charge in [0.2, 0.25) is 0 Å². The standard InChI is InChI=1S/C16H23N3O3S/c1-8(2)7-22-16(21)13-10(4)12-14(17-6-9(3)20)18-11(5)19-15(12)23-13/h8-9,20H,6-7H2,1-5H3,(H,17,18,19). The molecule has 1 unspecified atom stereocenters. The van der Waals surface area contributed by atoms with Crippen LogP contribution in [0.25, 0.3) is 10.2 Å². The van der Waals surface area contributed by atoms with Crippen LogP contribution in [0.15, 0.2) is 0 Å². The van der Waals surface area contributed by atoms with Gasteiger partial charge in [-0.05, 0) is 32.3 Å². The monoisotopic (exact) mass is 337 g/mol. The van der Waals surface area contributed by atoms with E-state index < -0.39 is 6.10 Å². The van der Waals surface area contributed by atoms with Crippen LogP contribution in [0.2, 0.25) is 0 Å². The van der Waals surface area contributed by atoms with Gasteiger partial charge in [0.05, 0.1) is 18.1 Å². The molecule has 6 nitrogen and oxygen atoms in total. The van der Waals surface area contributed by atoms with Crippen LogP contribution in [0.3, 0.4) is 0 Å². The number of esters is 1. The molecular formula is C16H23N3O3S. The highest BCUT2D eigenvalue weighted by molar-refractivity contribution is 7.20. The molecule has 0 aliphatic heterocycles. The van der Waals surface area contributed by atoms with Crippen LogP contribution in [0.1, 0.15) is 41.8 Å². The van der Waals surface area contributed by atoms with Crippen LogP contribution < -0.4 is 5.32 Å². The molecule has 126 valence electrons. The number of nitrogens with one attached hydrogen (secondary N) is 1. The SMILES string of the molecule is Cc1nc(NCC(C)O)c2c(C)c(C(=O)OCC(C)C)sc2n1. The Kier molecular flexibility index (Phi) is 5.54. The predicted molar refractivity (Wildman–Crippen MR) is 92.2 cm³/mol. The first-order valence-corrected chi connectivity index (χ1v) is 8.48. The zero-order valence-electron chi connectivity index (χ0n) is 14.1. The molecule has 0 aliphatic carbocycles. The summed E-state index contributed by atoms with van der Waals surface area (Å²) in [7, 11) is 0. The number of ether oxygens (including phenoxy) is 1. The molecule has 23 heavy (non-hydrogen) atoms. The third-order valence-electron chi connectivity index (χ3n) is 3.20. The zero-order chi connectivity index (χ0) is 17.1. The summed E-state index contributed by atoms with van der Waals surface area (Å²) in [6.07, 6.45) is -0.491. The molecule has 0 spiro atoms. The van der Waals surface area contributed by atoms with Crippen molar-refractivity contribution in [2.45, 2.75) is 40.7 Å². The number of aryl methyl sites for hydroxylation is 2. The van der Waals surface area contributed by atoms with Crippen molar-refractivity contribution in [2.24, 2.45) is 5.92 Å². The minimum absolute atomic E-state index is 0.291. The minimum atomic E-state index is -0.491. The number of carbonyl (C=O) groups excluding carboxylic acids is 1. The molecule has 0 aromatic carbocycles. The second kappa shape index (κ2) is 7.23. The summed E-state index contributed by atoms with van der Waals surface area (Å²) in [5.74, 6) is 1.23. The Balaban J connectivity index is 2.40. The number of aromatic nitrogens is 2. The van der Waals surface area contributed by atoms with E-state index in [0.29, 0.717) is 35.6 Å². The number of aliphatic hydroxyl groups excluding tert-OH is 1. The normalized spacial score (nSPS) is 12.7. The maximum absolute atomic E-state index is 12.3.